The highest BCUT2D eigenvalue weighted by Crippen LogP contribution is 2.38. The Kier molecular flexibility index (Phi) is 4.94. The third-order valence-corrected chi connectivity index (χ3v) is 5.82. The first-order chi connectivity index (χ1) is 14.0. The quantitative estimate of drug-likeness (QED) is 0.687. The van der Waals surface area contributed by atoms with Crippen LogP contribution in [0.3, 0.4) is 0 Å². The minimum absolute atomic E-state index is 0.0209. The summed E-state index contributed by atoms with van der Waals surface area (Å²) in [6.07, 6.45) is 2.30. The molecule has 3 aromatic rings. The van der Waals surface area contributed by atoms with Crippen LogP contribution < -0.4 is 14.4 Å². The first-order valence-corrected chi connectivity index (χ1v) is 10.6. The fourth-order valence-electron chi connectivity index (χ4n) is 3.11. The van der Waals surface area contributed by atoms with Gasteiger partial charge in [0.15, 0.2) is 11.6 Å². The Labute approximate surface area is 169 Å². The van der Waals surface area contributed by atoms with Gasteiger partial charge in [-0.25, -0.2) is 13.4 Å². The summed E-state index contributed by atoms with van der Waals surface area (Å²) >= 11 is 0. The second-order valence-electron chi connectivity index (χ2n) is 6.51. The van der Waals surface area contributed by atoms with E-state index in [1.807, 2.05) is 6.92 Å². The number of anilines is 2. The van der Waals surface area contributed by atoms with Crippen LogP contribution in [0.1, 0.15) is 23.7 Å². The van der Waals surface area contributed by atoms with Gasteiger partial charge in [0.1, 0.15) is 5.75 Å². The van der Waals surface area contributed by atoms with Crippen LogP contribution in [0, 0.1) is 0 Å². The van der Waals surface area contributed by atoms with Crippen LogP contribution in [-0.4, -0.2) is 25.9 Å². The summed E-state index contributed by atoms with van der Waals surface area (Å²) in [5.41, 5.74) is 0.613. The molecule has 29 heavy (non-hydrogen) atoms. The Bertz CT molecular complexity index is 1160. The molecule has 8 heteroatoms. The number of para-hydroxylation sites is 1. The number of pyridine rings is 1. The number of nitrogens with one attached hydrogen (secondary N) is 1. The van der Waals surface area contributed by atoms with Gasteiger partial charge in [-0.05, 0) is 48.9 Å². The van der Waals surface area contributed by atoms with Crippen LogP contribution in [-0.2, 0) is 10.0 Å². The molecular weight excluding hydrogens is 390 g/mol. The number of carbonyl (C=O) groups is 1. The van der Waals surface area contributed by atoms with E-state index in [4.69, 9.17) is 4.74 Å². The number of ether oxygens (including phenoxy) is 1. The molecule has 7 nitrogen and oxygen atoms in total. The predicted molar refractivity (Wildman–Crippen MR) is 110 cm³/mol. The van der Waals surface area contributed by atoms with Gasteiger partial charge in [0.05, 0.1) is 10.5 Å². The Morgan fingerprint density at radius 1 is 1.03 bits per heavy atom. The number of fused-ring (bicyclic) bond motifs is 2. The first kappa shape index (κ1) is 18.9. The zero-order valence-corrected chi connectivity index (χ0v) is 16.5. The highest BCUT2D eigenvalue weighted by atomic mass is 32.2. The van der Waals surface area contributed by atoms with Crippen LogP contribution in [0.5, 0.6) is 11.5 Å². The van der Waals surface area contributed by atoms with E-state index in [0.717, 1.165) is 0 Å². The van der Waals surface area contributed by atoms with E-state index in [9.17, 15) is 13.2 Å². The zero-order chi connectivity index (χ0) is 20.4. The number of sulfonamides is 1. The van der Waals surface area contributed by atoms with E-state index in [0.29, 0.717) is 36.0 Å². The van der Waals surface area contributed by atoms with Crippen molar-refractivity contribution in [3.63, 3.8) is 0 Å². The van der Waals surface area contributed by atoms with Crippen molar-refractivity contribution in [3.8, 4) is 11.5 Å². The number of hydrogen-bond acceptors (Lipinski definition) is 5. The van der Waals surface area contributed by atoms with E-state index in [1.165, 1.54) is 23.1 Å². The lowest BCUT2D eigenvalue weighted by molar-refractivity contribution is 0.0986. The van der Waals surface area contributed by atoms with Crippen LogP contribution in [0.25, 0.3) is 0 Å². The lowest BCUT2D eigenvalue weighted by atomic mass is 10.1. The van der Waals surface area contributed by atoms with Crippen LogP contribution in [0.2, 0.25) is 0 Å². The van der Waals surface area contributed by atoms with Crippen LogP contribution in [0.15, 0.2) is 71.8 Å². The Balaban J connectivity index is 1.76. The van der Waals surface area contributed by atoms with Gasteiger partial charge in [-0.1, -0.05) is 25.1 Å². The third-order valence-electron chi connectivity index (χ3n) is 4.44. The van der Waals surface area contributed by atoms with Crippen molar-refractivity contribution < 1.29 is 17.9 Å². The summed E-state index contributed by atoms with van der Waals surface area (Å²) in [5, 5.41) is 0. The second kappa shape index (κ2) is 7.56. The van der Waals surface area contributed by atoms with Gasteiger partial charge in [-0.3, -0.25) is 14.4 Å². The average molecular weight is 409 g/mol. The zero-order valence-electron chi connectivity index (χ0n) is 15.7. The maximum atomic E-state index is 13.2. The molecule has 1 aromatic heterocycles. The number of nitrogens with zero attached hydrogens (tertiary/aromatic N) is 2. The molecule has 4 rings (SSSR count). The first-order valence-electron chi connectivity index (χ1n) is 9.16. The van der Waals surface area contributed by atoms with Crippen molar-refractivity contribution >= 4 is 27.4 Å². The SMILES string of the molecule is CCCN1C(=O)c2cc(S(=O)(=O)Nc3ccccc3)ccc2Oc2cccnc21. The molecule has 1 N–H and O–H groups in total. The van der Waals surface area contributed by atoms with Crippen molar-refractivity contribution in [1.29, 1.82) is 0 Å². The smallest absolute Gasteiger partial charge is 0.263 e. The summed E-state index contributed by atoms with van der Waals surface area (Å²) in [4.78, 5) is 19.0. The van der Waals surface area contributed by atoms with Crippen LogP contribution in [0.4, 0.5) is 11.5 Å². The van der Waals surface area contributed by atoms with Gasteiger partial charge in [0, 0.05) is 18.4 Å². The van der Waals surface area contributed by atoms with E-state index >= 15 is 0 Å². The largest absolute Gasteiger partial charge is 0.453 e. The maximum Gasteiger partial charge on any atom is 0.263 e. The molecule has 0 aliphatic carbocycles. The molecule has 2 heterocycles. The average Bonchev–Trinajstić information content (AvgIpc) is 2.83. The monoisotopic (exact) mass is 409 g/mol. The van der Waals surface area contributed by atoms with Crippen LogP contribution >= 0.6 is 0 Å². The summed E-state index contributed by atoms with van der Waals surface area (Å²) in [6.45, 7) is 2.39. The lowest BCUT2D eigenvalue weighted by Crippen LogP contribution is -2.31. The number of aromatic nitrogens is 1. The molecule has 1 amide bonds. The number of amides is 1. The van der Waals surface area contributed by atoms with E-state index < -0.39 is 10.0 Å². The van der Waals surface area contributed by atoms with Crippen molar-refractivity contribution in [3.05, 3.63) is 72.4 Å². The van der Waals surface area contributed by atoms with Crippen molar-refractivity contribution in [2.75, 3.05) is 16.2 Å². The standard InChI is InChI=1S/C21H19N3O4S/c1-2-13-24-20-19(9-6-12-22-20)28-18-11-10-16(14-17(18)21(24)25)29(26,27)23-15-7-4-3-5-8-15/h3-12,14,23H,2,13H2,1H3. The van der Waals surface area contributed by atoms with Crippen molar-refractivity contribution in [2.24, 2.45) is 0 Å². The predicted octanol–water partition coefficient (Wildman–Crippen LogP) is 4.04. The summed E-state index contributed by atoms with van der Waals surface area (Å²) in [5.74, 6) is 0.811. The Hall–Kier alpha value is -3.39. The highest BCUT2D eigenvalue weighted by molar-refractivity contribution is 7.92. The van der Waals surface area contributed by atoms with E-state index in [-0.39, 0.29) is 16.4 Å². The second-order valence-corrected chi connectivity index (χ2v) is 8.20. The molecule has 0 atom stereocenters. The lowest BCUT2D eigenvalue weighted by Gasteiger charge is -2.20. The van der Waals surface area contributed by atoms with Gasteiger partial charge in [-0.15, -0.1) is 0 Å². The highest BCUT2D eigenvalue weighted by Gasteiger charge is 2.30. The fraction of sp³-hybridized carbons (Fsp3) is 0.143. The molecule has 1 aliphatic heterocycles. The minimum atomic E-state index is -3.87. The fourth-order valence-corrected chi connectivity index (χ4v) is 4.19. The molecule has 0 saturated heterocycles. The van der Waals surface area contributed by atoms with Gasteiger partial charge in [0.25, 0.3) is 15.9 Å². The Morgan fingerprint density at radius 2 is 1.83 bits per heavy atom. The van der Waals surface area contributed by atoms with E-state index in [1.54, 1.807) is 48.7 Å². The summed E-state index contributed by atoms with van der Waals surface area (Å²) in [6, 6.07) is 16.3. The molecule has 0 saturated carbocycles. The molecule has 0 fully saturated rings. The summed E-state index contributed by atoms with van der Waals surface area (Å²) < 4.78 is 34.0. The molecule has 0 radical (unpaired) electrons. The van der Waals surface area contributed by atoms with Gasteiger partial charge in [0.2, 0.25) is 0 Å². The van der Waals surface area contributed by atoms with Gasteiger partial charge >= 0.3 is 0 Å². The topological polar surface area (TPSA) is 88.6 Å². The van der Waals surface area contributed by atoms with Gasteiger partial charge in [-0.2, -0.15) is 0 Å². The molecule has 0 bridgehead atoms. The molecular formula is C21H19N3O4S. The van der Waals surface area contributed by atoms with Crippen molar-refractivity contribution in [1.82, 2.24) is 4.98 Å². The maximum absolute atomic E-state index is 13.2. The minimum Gasteiger partial charge on any atom is -0.453 e. The number of carbonyl (C=O) groups excluding carboxylic acids is 1. The molecule has 0 spiro atoms. The Morgan fingerprint density at radius 3 is 2.59 bits per heavy atom. The molecule has 0 unspecified atom stereocenters. The van der Waals surface area contributed by atoms with Crippen molar-refractivity contribution in [2.45, 2.75) is 18.2 Å². The molecule has 148 valence electrons. The molecule has 2 aromatic carbocycles. The summed E-state index contributed by atoms with van der Waals surface area (Å²) in [7, 11) is -3.87. The number of hydrogen-bond donors (Lipinski definition) is 1. The number of rotatable bonds is 5. The molecule has 1 aliphatic rings. The number of benzene rings is 2. The normalized spacial score (nSPS) is 13.1. The third kappa shape index (κ3) is 3.66. The van der Waals surface area contributed by atoms with E-state index in [2.05, 4.69) is 9.71 Å². The van der Waals surface area contributed by atoms with Gasteiger partial charge < -0.3 is 4.74 Å².